The van der Waals surface area contributed by atoms with E-state index in [1.54, 1.807) is 0 Å². The number of unbranched alkanes of at least 4 members (excludes halogenated alkanes) is 2. The highest BCUT2D eigenvalue weighted by Crippen LogP contribution is 2.40. The van der Waals surface area contributed by atoms with Crippen LogP contribution < -0.4 is 20.7 Å². The molecule has 0 aliphatic heterocycles. The summed E-state index contributed by atoms with van der Waals surface area (Å²) in [6.45, 7) is 14.8. The summed E-state index contributed by atoms with van der Waals surface area (Å²) in [5.74, 6) is -1.03. The molecule has 4 rings (SSSR count). The van der Waals surface area contributed by atoms with Crippen molar-refractivity contribution < 1.29 is 19.1 Å². The number of hydrogen-bond acceptors (Lipinski definition) is 4. The average Bonchev–Trinajstić information content (AvgIpc) is 3.11. The van der Waals surface area contributed by atoms with Crippen LogP contribution in [0.25, 0.3) is 0 Å². The highest BCUT2D eigenvalue weighted by atomic mass is 28.3. The number of carbonyl (C=O) groups is 2. The summed E-state index contributed by atoms with van der Waals surface area (Å²) in [5.41, 5.74) is 0. The van der Waals surface area contributed by atoms with Crippen LogP contribution in [-0.2, 0) is 19.1 Å². The Bertz CT molecular complexity index is 1440. The van der Waals surface area contributed by atoms with Crippen molar-refractivity contribution in [2.24, 2.45) is 0 Å². The van der Waals surface area contributed by atoms with Crippen molar-refractivity contribution in [3.63, 3.8) is 0 Å². The average molecular weight is 705 g/mol. The maximum atomic E-state index is 12.5. The van der Waals surface area contributed by atoms with Gasteiger partial charge in [-0.25, -0.2) is 9.59 Å². The van der Waals surface area contributed by atoms with Crippen molar-refractivity contribution in [2.75, 3.05) is 13.2 Å². The van der Waals surface area contributed by atoms with Gasteiger partial charge in [-0.3, -0.25) is 0 Å². The number of esters is 2. The molecule has 4 aromatic carbocycles. The van der Waals surface area contributed by atoms with Crippen LogP contribution in [0.15, 0.2) is 133 Å². The first-order chi connectivity index (χ1) is 23.9. The van der Waals surface area contributed by atoms with Crippen molar-refractivity contribution in [3.8, 4) is 0 Å². The van der Waals surface area contributed by atoms with Crippen LogP contribution >= 0.6 is 0 Å². The summed E-state index contributed by atoms with van der Waals surface area (Å²) >= 11 is 0. The Balaban J connectivity index is 1.25. The second kappa shape index (κ2) is 17.8. The lowest BCUT2D eigenvalue weighted by Crippen LogP contribution is -2.64. The lowest BCUT2D eigenvalue weighted by molar-refractivity contribution is -0.140. The first-order valence-corrected chi connectivity index (χ1v) is 22.6. The standard InChI is InChI=1S/C44H56O4Si2/c1-43(2,3)49(37-23-11-7-12-24-37,38-25-13-8-14-26-38)35-21-19-33-47-41(45)31-32-42(46)48-34-20-22-36-50(44(4,5)6,39-27-15-9-16-28-39)40-29-17-10-18-30-40/h7-18,23-32H,19-22,33-36H2,1-6H3/b32-31+. The third-order valence-electron chi connectivity index (χ3n) is 10.4. The quantitative estimate of drug-likeness (QED) is 0.0510. The maximum Gasteiger partial charge on any atom is 0.331 e. The Morgan fingerprint density at radius 1 is 0.460 bits per heavy atom. The van der Waals surface area contributed by atoms with Crippen molar-refractivity contribution in [2.45, 2.75) is 89.4 Å². The number of hydrogen-bond donors (Lipinski definition) is 0. The Morgan fingerprint density at radius 2 is 0.720 bits per heavy atom. The van der Waals surface area contributed by atoms with E-state index in [1.165, 1.54) is 32.9 Å². The molecule has 0 atom stereocenters. The van der Waals surface area contributed by atoms with Gasteiger partial charge in [0, 0.05) is 12.2 Å². The number of rotatable bonds is 16. The van der Waals surface area contributed by atoms with Gasteiger partial charge in [0.05, 0.1) is 13.2 Å². The molecule has 0 spiro atoms. The lowest BCUT2D eigenvalue weighted by Gasteiger charge is -2.44. The van der Waals surface area contributed by atoms with Crippen LogP contribution in [0, 0.1) is 0 Å². The van der Waals surface area contributed by atoms with Gasteiger partial charge in [-0.2, -0.15) is 0 Å². The van der Waals surface area contributed by atoms with E-state index in [9.17, 15) is 9.59 Å². The number of carbonyl (C=O) groups excluding carboxylic acids is 2. The van der Waals surface area contributed by atoms with Crippen LogP contribution in [0.1, 0.15) is 67.2 Å². The van der Waals surface area contributed by atoms with E-state index < -0.39 is 28.1 Å². The molecule has 0 N–H and O–H groups in total. The second-order valence-electron chi connectivity index (χ2n) is 15.4. The van der Waals surface area contributed by atoms with Gasteiger partial charge in [0.1, 0.15) is 16.1 Å². The molecule has 0 amide bonds. The van der Waals surface area contributed by atoms with Crippen molar-refractivity contribution in [3.05, 3.63) is 133 Å². The lowest BCUT2D eigenvalue weighted by atomic mass is 10.2. The first kappa shape index (κ1) is 38.8. The summed E-state index contributed by atoms with van der Waals surface area (Å²) in [6.07, 6.45) is 5.79. The zero-order chi connectivity index (χ0) is 36.1. The molecular formula is C44H56O4Si2. The Labute approximate surface area is 303 Å². The van der Waals surface area contributed by atoms with Gasteiger partial charge in [-0.15, -0.1) is 0 Å². The number of ether oxygens (including phenoxy) is 2. The van der Waals surface area contributed by atoms with Crippen LogP contribution in [0.3, 0.4) is 0 Å². The Kier molecular flexibility index (Phi) is 13.8. The predicted molar refractivity (Wildman–Crippen MR) is 214 cm³/mol. The highest BCUT2D eigenvalue weighted by Gasteiger charge is 2.47. The van der Waals surface area contributed by atoms with Gasteiger partial charge < -0.3 is 9.47 Å². The zero-order valence-corrected chi connectivity index (χ0v) is 33.0. The molecule has 0 heterocycles. The van der Waals surface area contributed by atoms with Gasteiger partial charge in [-0.05, 0) is 35.0 Å². The summed E-state index contributed by atoms with van der Waals surface area (Å²) < 4.78 is 11.0. The Hall–Kier alpha value is -4.01. The normalized spacial score (nSPS) is 12.5. The largest absolute Gasteiger partial charge is 0.463 e. The van der Waals surface area contributed by atoms with E-state index in [2.05, 4.69) is 163 Å². The summed E-state index contributed by atoms with van der Waals surface area (Å²) in [4.78, 5) is 24.9. The first-order valence-electron chi connectivity index (χ1n) is 18.2. The van der Waals surface area contributed by atoms with E-state index in [-0.39, 0.29) is 10.1 Å². The van der Waals surface area contributed by atoms with Gasteiger partial charge in [-0.1, -0.05) is 196 Å². The molecule has 4 aromatic rings. The fourth-order valence-corrected chi connectivity index (χ4v) is 19.2. The van der Waals surface area contributed by atoms with Gasteiger partial charge in [0.25, 0.3) is 0 Å². The second-order valence-corrected chi connectivity index (χ2v) is 25.3. The molecule has 50 heavy (non-hydrogen) atoms. The van der Waals surface area contributed by atoms with Crippen LogP contribution in [-0.4, -0.2) is 41.3 Å². The molecule has 0 aliphatic carbocycles. The van der Waals surface area contributed by atoms with Gasteiger partial charge in [0.15, 0.2) is 0 Å². The van der Waals surface area contributed by atoms with Crippen LogP contribution in [0.2, 0.25) is 22.2 Å². The SMILES string of the molecule is CC(C)(C)[Si](CCCCOC(=O)/C=C/C(=O)OCCCC[Si](c1ccccc1)(c1ccccc1)C(C)(C)C)(c1ccccc1)c1ccccc1. The molecule has 0 saturated carbocycles. The van der Waals surface area contributed by atoms with E-state index >= 15 is 0 Å². The molecule has 0 bridgehead atoms. The van der Waals surface area contributed by atoms with Crippen molar-refractivity contribution in [1.29, 1.82) is 0 Å². The van der Waals surface area contributed by atoms with E-state index in [0.29, 0.717) is 13.2 Å². The summed E-state index contributed by atoms with van der Waals surface area (Å²) in [7, 11) is -4.29. The third kappa shape index (κ3) is 9.40. The fraction of sp³-hybridized carbons (Fsp3) is 0.364. The number of benzene rings is 4. The molecule has 0 aliphatic rings. The Morgan fingerprint density at radius 3 is 0.960 bits per heavy atom. The zero-order valence-electron chi connectivity index (χ0n) is 31.0. The predicted octanol–water partition coefficient (Wildman–Crippen LogP) is 8.32. The summed E-state index contributed by atoms with van der Waals surface area (Å²) in [6, 6.07) is 45.8. The van der Waals surface area contributed by atoms with E-state index in [1.807, 2.05) is 0 Å². The monoisotopic (exact) mass is 704 g/mol. The molecule has 0 aromatic heterocycles. The molecule has 0 fully saturated rings. The van der Waals surface area contributed by atoms with Gasteiger partial charge in [0.2, 0.25) is 0 Å². The fourth-order valence-electron chi connectivity index (χ4n) is 7.85. The molecule has 264 valence electrons. The minimum Gasteiger partial charge on any atom is -0.463 e. The third-order valence-corrected chi connectivity index (χ3v) is 23.0. The molecule has 0 radical (unpaired) electrons. The smallest absolute Gasteiger partial charge is 0.331 e. The minimum atomic E-state index is -2.14. The summed E-state index contributed by atoms with van der Waals surface area (Å²) in [5, 5.41) is 5.91. The molecule has 0 unspecified atom stereocenters. The molecular weight excluding hydrogens is 649 g/mol. The van der Waals surface area contributed by atoms with Crippen LogP contribution in [0.5, 0.6) is 0 Å². The van der Waals surface area contributed by atoms with Crippen LogP contribution in [0.4, 0.5) is 0 Å². The molecule has 4 nitrogen and oxygen atoms in total. The van der Waals surface area contributed by atoms with E-state index in [0.717, 1.165) is 37.8 Å². The topological polar surface area (TPSA) is 52.6 Å². The van der Waals surface area contributed by atoms with Crippen molar-refractivity contribution in [1.82, 2.24) is 0 Å². The minimum absolute atomic E-state index is 0.0942. The maximum absolute atomic E-state index is 12.5. The molecule has 6 heteroatoms. The highest BCUT2D eigenvalue weighted by molar-refractivity contribution is 7.04. The van der Waals surface area contributed by atoms with Gasteiger partial charge >= 0.3 is 11.9 Å². The van der Waals surface area contributed by atoms with Crippen molar-refractivity contribution >= 4 is 48.8 Å². The van der Waals surface area contributed by atoms with E-state index in [4.69, 9.17) is 9.47 Å². The molecule has 0 saturated heterocycles.